The predicted molar refractivity (Wildman–Crippen MR) is 52.5 cm³/mol. The molecule has 1 N–H and O–H groups in total. The number of ether oxygens (including phenoxy) is 3. The minimum absolute atomic E-state index is 0.218. The second-order valence-electron chi connectivity index (χ2n) is 4.07. The summed E-state index contributed by atoms with van der Waals surface area (Å²) in [5.74, 6) is -1.42. The summed E-state index contributed by atoms with van der Waals surface area (Å²) in [6, 6.07) is 0. The average molecular weight is 232 g/mol. The van der Waals surface area contributed by atoms with Gasteiger partial charge in [-0.25, -0.2) is 0 Å². The molecule has 0 aliphatic carbocycles. The van der Waals surface area contributed by atoms with Crippen molar-refractivity contribution in [1.29, 1.82) is 0 Å². The third kappa shape index (κ3) is 3.26. The van der Waals surface area contributed by atoms with Crippen molar-refractivity contribution in [2.24, 2.45) is 0 Å². The zero-order valence-electron chi connectivity index (χ0n) is 9.50. The molecule has 3 atom stereocenters. The van der Waals surface area contributed by atoms with Crippen LogP contribution in [0.25, 0.3) is 0 Å². The molecule has 1 aliphatic rings. The summed E-state index contributed by atoms with van der Waals surface area (Å²) in [4.78, 5) is 21.3. The summed E-state index contributed by atoms with van der Waals surface area (Å²) in [6.45, 7) is 4.30. The first-order valence-corrected chi connectivity index (χ1v) is 4.98. The van der Waals surface area contributed by atoms with E-state index in [-0.39, 0.29) is 6.61 Å². The number of aldehydes is 1. The topological polar surface area (TPSA) is 82.1 Å². The highest BCUT2D eigenvalue weighted by molar-refractivity contribution is 5.65. The van der Waals surface area contributed by atoms with Crippen molar-refractivity contribution < 1.29 is 28.9 Å². The normalized spacial score (nSPS) is 29.8. The molecule has 0 bridgehead atoms. The first-order valence-electron chi connectivity index (χ1n) is 4.98. The Labute approximate surface area is 93.5 Å². The Morgan fingerprint density at radius 3 is 2.69 bits per heavy atom. The van der Waals surface area contributed by atoms with Crippen LogP contribution in [0.4, 0.5) is 0 Å². The molecule has 0 aromatic heterocycles. The molecular weight excluding hydrogens is 216 g/mol. The Kier molecular flexibility index (Phi) is 4.01. The number of carbonyl (C=O) groups excluding carboxylic acids is 2. The molecule has 0 radical (unpaired) electrons. The third-order valence-electron chi connectivity index (χ3n) is 2.13. The first-order chi connectivity index (χ1) is 7.35. The molecule has 0 aromatic rings. The van der Waals surface area contributed by atoms with Gasteiger partial charge in [-0.1, -0.05) is 0 Å². The molecule has 1 fully saturated rings. The molecule has 0 aromatic carbocycles. The molecule has 16 heavy (non-hydrogen) atoms. The lowest BCUT2D eigenvalue weighted by atomic mass is 10.1. The Bertz CT molecular complexity index is 274. The Morgan fingerprint density at radius 2 is 2.19 bits per heavy atom. The van der Waals surface area contributed by atoms with E-state index in [9.17, 15) is 14.7 Å². The van der Waals surface area contributed by atoms with Crippen molar-refractivity contribution in [2.45, 2.75) is 44.9 Å². The van der Waals surface area contributed by atoms with Crippen LogP contribution < -0.4 is 0 Å². The highest BCUT2D eigenvalue weighted by atomic mass is 16.8. The standard InChI is InChI=1S/C10H16O6/c1-6(12)14-5-7(13)9-8(4-11)15-10(2,3)16-9/h4,7-9,13H,5H2,1-3H3/t7-,8+,9-/m1/s1. The highest BCUT2D eigenvalue weighted by Gasteiger charge is 2.44. The fraction of sp³-hybridized carbons (Fsp3) is 0.800. The number of rotatable bonds is 4. The van der Waals surface area contributed by atoms with Crippen molar-refractivity contribution in [3.05, 3.63) is 0 Å². The van der Waals surface area contributed by atoms with Crippen molar-refractivity contribution in [3.8, 4) is 0 Å². The van der Waals surface area contributed by atoms with Crippen molar-refractivity contribution in [1.82, 2.24) is 0 Å². The number of esters is 1. The number of carbonyl (C=O) groups is 2. The van der Waals surface area contributed by atoms with Crippen LogP contribution in [0.5, 0.6) is 0 Å². The molecular formula is C10H16O6. The summed E-state index contributed by atoms with van der Waals surface area (Å²) in [7, 11) is 0. The van der Waals surface area contributed by atoms with E-state index in [4.69, 9.17) is 9.47 Å². The van der Waals surface area contributed by atoms with Gasteiger partial charge in [0.15, 0.2) is 12.1 Å². The van der Waals surface area contributed by atoms with E-state index in [1.165, 1.54) is 6.92 Å². The van der Waals surface area contributed by atoms with Crippen LogP contribution in [-0.4, -0.2) is 48.1 Å². The minimum atomic E-state index is -1.08. The summed E-state index contributed by atoms with van der Waals surface area (Å²) in [6.07, 6.45) is -2.18. The quantitative estimate of drug-likeness (QED) is 0.526. The SMILES string of the molecule is CC(=O)OC[C@@H](O)[C@H]1OC(C)(C)O[C@H]1C=O. The molecule has 1 rings (SSSR count). The summed E-state index contributed by atoms with van der Waals surface area (Å²) in [5, 5.41) is 9.69. The highest BCUT2D eigenvalue weighted by Crippen LogP contribution is 2.29. The predicted octanol–water partition coefficient (Wildman–Crippen LogP) is -0.371. The monoisotopic (exact) mass is 232 g/mol. The maximum Gasteiger partial charge on any atom is 0.302 e. The number of aliphatic hydroxyl groups is 1. The molecule has 6 heteroatoms. The van der Waals surface area contributed by atoms with Crippen LogP contribution in [0, 0.1) is 0 Å². The van der Waals surface area contributed by atoms with Gasteiger partial charge < -0.3 is 24.1 Å². The van der Waals surface area contributed by atoms with Gasteiger partial charge in [0.25, 0.3) is 0 Å². The van der Waals surface area contributed by atoms with E-state index in [0.29, 0.717) is 6.29 Å². The Hall–Kier alpha value is -0.980. The van der Waals surface area contributed by atoms with Gasteiger partial charge in [0.2, 0.25) is 0 Å². The fourth-order valence-corrected chi connectivity index (χ4v) is 1.52. The van der Waals surface area contributed by atoms with Crippen LogP contribution in [-0.2, 0) is 23.8 Å². The van der Waals surface area contributed by atoms with Gasteiger partial charge in [-0.2, -0.15) is 0 Å². The van der Waals surface area contributed by atoms with Crippen molar-refractivity contribution in [3.63, 3.8) is 0 Å². The largest absolute Gasteiger partial charge is 0.463 e. The number of aliphatic hydroxyl groups excluding tert-OH is 1. The van der Waals surface area contributed by atoms with Crippen LogP contribution in [0.15, 0.2) is 0 Å². The smallest absolute Gasteiger partial charge is 0.302 e. The molecule has 1 heterocycles. The van der Waals surface area contributed by atoms with Gasteiger partial charge in [0.1, 0.15) is 24.9 Å². The summed E-state index contributed by atoms with van der Waals surface area (Å²) >= 11 is 0. The zero-order chi connectivity index (χ0) is 12.3. The minimum Gasteiger partial charge on any atom is -0.463 e. The maximum atomic E-state index is 10.7. The number of hydrogen-bond acceptors (Lipinski definition) is 6. The molecule has 0 unspecified atom stereocenters. The van der Waals surface area contributed by atoms with Crippen LogP contribution >= 0.6 is 0 Å². The molecule has 0 amide bonds. The first kappa shape index (κ1) is 13.1. The van der Waals surface area contributed by atoms with Crippen LogP contribution in [0.3, 0.4) is 0 Å². The van der Waals surface area contributed by atoms with E-state index in [2.05, 4.69) is 4.74 Å². The zero-order valence-corrected chi connectivity index (χ0v) is 9.50. The third-order valence-corrected chi connectivity index (χ3v) is 2.13. The number of hydrogen-bond donors (Lipinski definition) is 1. The van der Waals surface area contributed by atoms with Gasteiger partial charge in [-0.3, -0.25) is 4.79 Å². The van der Waals surface area contributed by atoms with E-state index in [1.54, 1.807) is 13.8 Å². The lowest BCUT2D eigenvalue weighted by molar-refractivity contribution is -0.163. The van der Waals surface area contributed by atoms with Gasteiger partial charge in [-0.15, -0.1) is 0 Å². The van der Waals surface area contributed by atoms with Crippen LogP contribution in [0.1, 0.15) is 20.8 Å². The maximum absolute atomic E-state index is 10.7. The second kappa shape index (κ2) is 4.90. The molecule has 0 spiro atoms. The van der Waals surface area contributed by atoms with Gasteiger partial charge in [0.05, 0.1) is 0 Å². The second-order valence-corrected chi connectivity index (χ2v) is 4.07. The van der Waals surface area contributed by atoms with Gasteiger partial charge in [-0.05, 0) is 13.8 Å². The van der Waals surface area contributed by atoms with Crippen LogP contribution in [0.2, 0.25) is 0 Å². The van der Waals surface area contributed by atoms with Crippen molar-refractivity contribution in [2.75, 3.05) is 6.61 Å². The molecule has 92 valence electrons. The van der Waals surface area contributed by atoms with E-state index in [0.717, 1.165) is 0 Å². The summed E-state index contributed by atoms with van der Waals surface area (Å²) in [5.41, 5.74) is 0. The molecule has 1 saturated heterocycles. The van der Waals surface area contributed by atoms with E-state index in [1.807, 2.05) is 0 Å². The summed E-state index contributed by atoms with van der Waals surface area (Å²) < 4.78 is 15.2. The lowest BCUT2D eigenvalue weighted by Gasteiger charge is -2.20. The molecule has 1 aliphatic heterocycles. The molecule has 0 saturated carbocycles. The van der Waals surface area contributed by atoms with Gasteiger partial charge >= 0.3 is 5.97 Å². The van der Waals surface area contributed by atoms with E-state index < -0.39 is 30.1 Å². The average Bonchev–Trinajstić information content (AvgIpc) is 2.50. The Balaban J connectivity index is 2.57. The van der Waals surface area contributed by atoms with Crippen molar-refractivity contribution >= 4 is 12.3 Å². The van der Waals surface area contributed by atoms with Gasteiger partial charge in [0, 0.05) is 6.92 Å². The molecule has 6 nitrogen and oxygen atoms in total. The Morgan fingerprint density at radius 1 is 1.56 bits per heavy atom. The fourth-order valence-electron chi connectivity index (χ4n) is 1.52. The van der Waals surface area contributed by atoms with E-state index >= 15 is 0 Å². The lowest BCUT2D eigenvalue weighted by Crippen LogP contribution is -2.39.